The third kappa shape index (κ3) is 3.95. The minimum absolute atomic E-state index is 0.0864. The van der Waals surface area contributed by atoms with E-state index in [2.05, 4.69) is 25.7 Å². The molecule has 0 atom stereocenters. The van der Waals surface area contributed by atoms with E-state index < -0.39 is 0 Å². The number of nitrogens with one attached hydrogen (secondary N) is 2. The van der Waals surface area contributed by atoms with Crippen LogP contribution in [0.2, 0.25) is 0 Å². The molecule has 7 nitrogen and oxygen atoms in total. The van der Waals surface area contributed by atoms with Gasteiger partial charge in [0.25, 0.3) is 5.91 Å². The van der Waals surface area contributed by atoms with E-state index in [4.69, 9.17) is 0 Å². The Morgan fingerprint density at radius 1 is 1.17 bits per heavy atom. The molecule has 122 valence electrons. The smallest absolute Gasteiger partial charge is 0.251 e. The standard InChI is InChI=1S/C17H18N6O/c1-13-3-5-14(6-4-13)17(24)19-9-8-18-15-11-16(21-12-20-15)23-10-2-7-22-23/h2-7,10-12H,8-9H2,1H3,(H,19,24)(H,18,20,21). The normalized spacial score (nSPS) is 10.4. The second-order valence-electron chi connectivity index (χ2n) is 5.26. The van der Waals surface area contributed by atoms with Gasteiger partial charge in [0.15, 0.2) is 5.82 Å². The van der Waals surface area contributed by atoms with E-state index in [1.54, 1.807) is 16.9 Å². The largest absolute Gasteiger partial charge is 0.368 e. The molecule has 0 saturated heterocycles. The van der Waals surface area contributed by atoms with Crippen LogP contribution >= 0.6 is 0 Å². The topological polar surface area (TPSA) is 84.7 Å². The van der Waals surface area contributed by atoms with Gasteiger partial charge in [0.1, 0.15) is 12.1 Å². The summed E-state index contributed by atoms with van der Waals surface area (Å²) in [4.78, 5) is 20.3. The Morgan fingerprint density at radius 3 is 2.75 bits per heavy atom. The molecule has 2 N–H and O–H groups in total. The zero-order chi connectivity index (χ0) is 16.8. The van der Waals surface area contributed by atoms with Crippen LogP contribution in [-0.4, -0.2) is 38.7 Å². The monoisotopic (exact) mass is 322 g/mol. The number of carbonyl (C=O) groups is 1. The minimum Gasteiger partial charge on any atom is -0.368 e. The van der Waals surface area contributed by atoms with Gasteiger partial charge in [-0.05, 0) is 25.1 Å². The summed E-state index contributed by atoms with van der Waals surface area (Å²) in [5.41, 5.74) is 1.79. The molecular weight excluding hydrogens is 304 g/mol. The number of anilines is 1. The molecule has 0 aliphatic carbocycles. The summed E-state index contributed by atoms with van der Waals surface area (Å²) in [6.07, 6.45) is 4.98. The first-order valence-electron chi connectivity index (χ1n) is 7.63. The van der Waals surface area contributed by atoms with Gasteiger partial charge in [-0.3, -0.25) is 4.79 Å². The van der Waals surface area contributed by atoms with Crippen molar-refractivity contribution in [3.8, 4) is 5.82 Å². The van der Waals surface area contributed by atoms with E-state index in [1.165, 1.54) is 6.33 Å². The molecule has 1 amide bonds. The van der Waals surface area contributed by atoms with E-state index in [9.17, 15) is 4.79 Å². The van der Waals surface area contributed by atoms with Gasteiger partial charge in [-0.1, -0.05) is 17.7 Å². The van der Waals surface area contributed by atoms with Crippen LogP contribution in [0.1, 0.15) is 15.9 Å². The third-order valence-electron chi connectivity index (χ3n) is 3.42. The molecule has 0 radical (unpaired) electrons. The molecule has 2 aromatic heterocycles. The van der Waals surface area contributed by atoms with Gasteiger partial charge in [-0.2, -0.15) is 5.10 Å². The number of nitrogens with zero attached hydrogens (tertiary/aromatic N) is 4. The van der Waals surface area contributed by atoms with Crippen LogP contribution in [0.25, 0.3) is 5.82 Å². The summed E-state index contributed by atoms with van der Waals surface area (Å²) in [7, 11) is 0. The second kappa shape index (κ2) is 7.36. The Bertz CT molecular complexity index is 798. The number of rotatable bonds is 6. The maximum atomic E-state index is 12.0. The zero-order valence-electron chi connectivity index (χ0n) is 13.3. The highest BCUT2D eigenvalue weighted by Crippen LogP contribution is 2.07. The number of amides is 1. The van der Waals surface area contributed by atoms with Crippen LogP contribution in [0.15, 0.2) is 55.1 Å². The number of hydrogen-bond donors (Lipinski definition) is 2. The van der Waals surface area contributed by atoms with Crippen LogP contribution < -0.4 is 10.6 Å². The van der Waals surface area contributed by atoms with Crippen LogP contribution in [-0.2, 0) is 0 Å². The molecule has 3 aromatic rings. The quantitative estimate of drug-likeness (QED) is 0.676. The molecule has 0 unspecified atom stereocenters. The Labute approximate surface area is 139 Å². The molecule has 0 aliphatic heterocycles. The van der Waals surface area contributed by atoms with E-state index in [0.29, 0.717) is 30.3 Å². The van der Waals surface area contributed by atoms with Crippen molar-refractivity contribution >= 4 is 11.7 Å². The molecule has 0 aliphatic rings. The molecular formula is C17H18N6O. The van der Waals surface area contributed by atoms with Crippen molar-refractivity contribution in [3.05, 3.63) is 66.2 Å². The van der Waals surface area contributed by atoms with Gasteiger partial charge < -0.3 is 10.6 Å². The van der Waals surface area contributed by atoms with Crippen molar-refractivity contribution < 1.29 is 4.79 Å². The maximum Gasteiger partial charge on any atom is 0.251 e. The molecule has 7 heteroatoms. The number of benzene rings is 1. The van der Waals surface area contributed by atoms with E-state index in [1.807, 2.05) is 43.5 Å². The predicted molar refractivity (Wildman–Crippen MR) is 91.2 cm³/mol. The molecule has 0 fully saturated rings. The molecule has 2 heterocycles. The van der Waals surface area contributed by atoms with Crippen molar-refractivity contribution in [1.29, 1.82) is 0 Å². The van der Waals surface area contributed by atoms with Gasteiger partial charge in [0, 0.05) is 37.1 Å². The van der Waals surface area contributed by atoms with E-state index in [0.717, 1.165) is 5.56 Å². The third-order valence-corrected chi connectivity index (χ3v) is 3.42. The van der Waals surface area contributed by atoms with Crippen LogP contribution in [0.3, 0.4) is 0 Å². The lowest BCUT2D eigenvalue weighted by molar-refractivity contribution is 0.0955. The summed E-state index contributed by atoms with van der Waals surface area (Å²) in [6.45, 7) is 3.05. The van der Waals surface area contributed by atoms with Gasteiger partial charge >= 0.3 is 0 Å². The van der Waals surface area contributed by atoms with Crippen molar-refractivity contribution in [3.63, 3.8) is 0 Å². The predicted octanol–water partition coefficient (Wildman–Crippen LogP) is 1.81. The molecule has 1 aromatic carbocycles. The van der Waals surface area contributed by atoms with Crippen LogP contribution in [0.4, 0.5) is 5.82 Å². The molecule has 0 saturated carbocycles. The average molecular weight is 322 g/mol. The summed E-state index contributed by atoms with van der Waals surface area (Å²) in [5, 5.41) is 10.2. The summed E-state index contributed by atoms with van der Waals surface area (Å²) in [5.74, 6) is 1.28. The lowest BCUT2D eigenvalue weighted by Crippen LogP contribution is -2.28. The summed E-state index contributed by atoms with van der Waals surface area (Å²) < 4.78 is 1.66. The second-order valence-corrected chi connectivity index (χ2v) is 5.26. The van der Waals surface area contributed by atoms with Gasteiger partial charge in [-0.15, -0.1) is 0 Å². The maximum absolute atomic E-state index is 12.0. The highest BCUT2D eigenvalue weighted by Gasteiger charge is 2.04. The number of hydrogen-bond acceptors (Lipinski definition) is 5. The first-order chi connectivity index (χ1) is 11.7. The molecule has 0 bridgehead atoms. The number of carbonyl (C=O) groups excluding carboxylic acids is 1. The van der Waals surface area contributed by atoms with Crippen molar-refractivity contribution in [2.24, 2.45) is 0 Å². The van der Waals surface area contributed by atoms with Crippen molar-refractivity contribution in [1.82, 2.24) is 25.1 Å². The van der Waals surface area contributed by atoms with E-state index in [-0.39, 0.29) is 5.91 Å². The van der Waals surface area contributed by atoms with Gasteiger partial charge in [0.2, 0.25) is 0 Å². The highest BCUT2D eigenvalue weighted by atomic mass is 16.1. The zero-order valence-corrected chi connectivity index (χ0v) is 13.3. The van der Waals surface area contributed by atoms with Crippen LogP contribution in [0, 0.1) is 6.92 Å². The van der Waals surface area contributed by atoms with Crippen LogP contribution in [0.5, 0.6) is 0 Å². The lowest BCUT2D eigenvalue weighted by atomic mass is 10.1. The molecule has 0 spiro atoms. The Morgan fingerprint density at radius 2 is 2.00 bits per heavy atom. The summed E-state index contributed by atoms with van der Waals surface area (Å²) >= 11 is 0. The van der Waals surface area contributed by atoms with Gasteiger partial charge in [-0.25, -0.2) is 14.6 Å². The Balaban J connectivity index is 1.49. The van der Waals surface area contributed by atoms with E-state index >= 15 is 0 Å². The SMILES string of the molecule is Cc1ccc(C(=O)NCCNc2cc(-n3cccn3)ncn2)cc1. The molecule has 24 heavy (non-hydrogen) atoms. The molecule has 3 rings (SSSR count). The fourth-order valence-electron chi connectivity index (χ4n) is 2.15. The fraction of sp³-hybridized carbons (Fsp3) is 0.176. The Kier molecular flexibility index (Phi) is 4.81. The first-order valence-corrected chi connectivity index (χ1v) is 7.63. The minimum atomic E-state index is -0.0864. The fourth-order valence-corrected chi connectivity index (χ4v) is 2.15. The van der Waals surface area contributed by atoms with Crippen molar-refractivity contribution in [2.45, 2.75) is 6.92 Å². The number of aromatic nitrogens is 4. The number of aryl methyl sites for hydroxylation is 1. The van der Waals surface area contributed by atoms with Gasteiger partial charge in [0.05, 0.1) is 0 Å². The Hall–Kier alpha value is -3.22. The lowest BCUT2D eigenvalue weighted by Gasteiger charge is -2.08. The van der Waals surface area contributed by atoms with Crippen molar-refractivity contribution in [2.75, 3.05) is 18.4 Å². The highest BCUT2D eigenvalue weighted by molar-refractivity contribution is 5.94. The first kappa shape index (κ1) is 15.7. The average Bonchev–Trinajstić information content (AvgIpc) is 3.14. The summed E-state index contributed by atoms with van der Waals surface area (Å²) in [6, 6.07) is 11.1.